The van der Waals surface area contributed by atoms with Crippen LogP contribution >= 0.6 is 0 Å². The Morgan fingerprint density at radius 1 is 1.33 bits per heavy atom. The van der Waals surface area contributed by atoms with E-state index in [4.69, 9.17) is 5.11 Å². The molecule has 1 heterocycles. The van der Waals surface area contributed by atoms with Crippen molar-refractivity contribution in [2.45, 2.75) is 51.6 Å². The van der Waals surface area contributed by atoms with Crippen molar-refractivity contribution in [2.75, 3.05) is 0 Å². The first kappa shape index (κ1) is 13.1. The highest BCUT2D eigenvalue weighted by molar-refractivity contribution is 5.73. The van der Waals surface area contributed by atoms with Gasteiger partial charge in [0.1, 0.15) is 6.04 Å². The van der Waals surface area contributed by atoms with Gasteiger partial charge in [0.05, 0.1) is 0 Å². The molecule has 1 fully saturated rings. The van der Waals surface area contributed by atoms with Gasteiger partial charge in [-0.2, -0.15) is 0 Å². The van der Waals surface area contributed by atoms with Gasteiger partial charge < -0.3 is 10.4 Å². The lowest BCUT2D eigenvalue weighted by atomic mass is 9.93. The number of piperidine rings is 1. The number of aryl methyl sites for hydroxylation is 2. The van der Waals surface area contributed by atoms with Gasteiger partial charge in [-0.05, 0) is 56.2 Å². The third-order valence-corrected chi connectivity index (χ3v) is 3.83. The standard InChI is InChI=1S/C15H21NO2/c1-10-6-7-12(8-11(10)2)9-13-4-3-5-14(16-13)15(17)18/h6-8,13-14,16H,3-5,9H2,1-2H3,(H,17,18). The molecule has 2 unspecified atom stereocenters. The fourth-order valence-corrected chi connectivity index (χ4v) is 2.59. The van der Waals surface area contributed by atoms with Crippen molar-refractivity contribution >= 4 is 5.97 Å². The second-order valence-corrected chi connectivity index (χ2v) is 5.31. The molecular formula is C15H21NO2. The van der Waals surface area contributed by atoms with E-state index in [0.717, 1.165) is 25.7 Å². The fraction of sp³-hybridized carbons (Fsp3) is 0.533. The molecule has 0 spiro atoms. The van der Waals surface area contributed by atoms with E-state index in [9.17, 15) is 4.79 Å². The van der Waals surface area contributed by atoms with E-state index in [1.165, 1.54) is 16.7 Å². The Hall–Kier alpha value is -1.35. The Bertz CT molecular complexity index is 442. The molecule has 0 aromatic heterocycles. The van der Waals surface area contributed by atoms with E-state index >= 15 is 0 Å². The minimum atomic E-state index is -0.722. The molecule has 2 atom stereocenters. The van der Waals surface area contributed by atoms with Crippen molar-refractivity contribution < 1.29 is 9.90 Å². The maximum Gasteiger partial charge on any atom is 0.320 e. The molecule has 1 saturated heterocycles. The maximum absolute atomic E-state index is 11.0. The molecular weight excluding hydrogens is 226 g/mol. The average molecular weight is 247 g/mol. The molecule has 3 heteroatoms. The second-order valence-electron chi connectivity index (χ2n) is 5.31. The Balaban J connectivity index is 2.00. The SMILES string of the molecule is Cc1ccc(CC2CCCC(C(=O)O)N2)cc1C. The summed E-state index contributed by atoms with van der Waals surface area (Å²) in [5.74, 6) is -0.722. The highest BCUT2D eigenvalue weighted by atomic mass is 16.4. The zero-order valence-corrected chi connectivity index (χ0v) is 11.1. The van der Waals surface area contributed by atoms with Crippen LogP contribution in [0.4, 0.5) is 0 Å². The first-order valence-electron chi connectivity index (χ1n) is 6.61. The van der Waals surface area contributed by atoms with Crippen LogP contribution < -0.4 is 5.32 Å². The van der Waals surface area contributed by atoms with Gasteiger partial charge in [-0.1, -0.05) is 18.2 Å². The molecule has 0 aliphatic carbocycles. The second kappa shape index (κ2) is 5.53. The summed E-state index contributed by atoms with van der Waals surface area (Å²) in [6.07, 6.45) is 3.74. The van der Waals surface area contributed by atoms with Crippen LogP contribution in [0.25, 0.3) is 0 Å². The Labute approximate surface area is 108 Å². The predicted octanol–water partition coefficient (Wildman–Crippen LogP) is 2.44. The van der Waals surface area contributed by atoms with Gasteiger partial charge in [0.25, 0.3) is 0 Å². The summed E-state index contributed by atoms with van der Waals surface area (Å²) in [6, 6.07) is 6.43. The van der Waals surface area contributed by atoms with Gasteiger partial charge in [-0.15, -0.1) is 0 Å². The molecule has 1 aromatic carbocycles. The van der Waals surface area contributed by atoms with Gasteiger partial charge in [0.15, 0.2) is 0 Å². The average Bonchev–Trinajstić information content (AvgIpc) is 2.34. The highest BCUT2D eigenvalue weighted by Crippen LogP contribution is 2.18. The summed E-state index contributed by atoms with van der Waals surface area (Å²) in [4.78, 5) is 11.0. The van der Waals surface area contributed by atoms with Crippen LogP contribution in [0.1, 0.15) is 36.0 Å². The van der Waals surface area contributed by atoms with Gasteiger partial charge in [0.2, 0.25) is 0 Å². The molecule has 0 radical (unpaired) electrons. The monoisotopic (exact) mass is 247 g/mol. The molecule has 0 bridgehead atoms. The summed E-state index contributed by atoms with van der Waals surface area (Å²) in [5.41, 5.74) is 3.90. The van der Waals surface area contributed by atoms with Gasteiger partial charge in [-0.3, -0.25) is 4.79 Å². The molecule has 3 nitrogen and oxygen atoms in total. The zero-order valence-electron chi connectivity index (χ0n) is 11.1. The number of rotatable bonds is 3. The van der Waals surface area contributed by atoms with E-state index in [1.807, 2.05) is 0 Å². The molecule has 1 aliphatic rings. The largest absolute Gasteiger partial charge is 0.480 e. The van der Waals surface area contributed by atoms with Gasteiger partial charge in [-0.25, -0.2) is 0 Å². The first-order chi connectivity index (χ1) is 8.56. The van der Waals surface area contributed by atoms with E-state index < -0.39 is 5.97 Å². The lowest BCUT2D eigenvalue weighted by molar-refractivity contribution is -0.140. The minimum absolute atomic E-state index is 0.293. The van der Waals surface area contributed by atoms with Crippen LogP contribution in [0, 0.1) is 13.8 Å². The molecule has 2 N–H and O–H groups in total. The van der Waals surface area contributed by atoms with E-state index in [2.05, 4.69) is 37.4 Å². The van der Waals surface area contributed by atoms with Crippen LogP contribution in [-0.2, 0) is 11.2 Å². The Morgan fingerprint density at radius 3 is 2.78 bits per heavy atom. The molecule has 0 saturated carbocycles. The minimum Gasteiger partial charge on any atom is -0.480 e. The van der Waals surface area contributed by atoms with Crippen LogP contribution in [0.15, 0.2) is 18.2 Å². The number of nitrogens with one attached hydrogen (secondary N) is 1. The summed E-state index contributed by atoms with van der Waals surface area (Å²) in [7, 11) is 0. The fourth-order valence-electron chi connectivity index (χ4n) is 2.59. The van der Waals surface area contributed by atoms with Crippen molar-refractivity contribution in [2.24, 2.45) is 0 Å². The van der Waals surface area contributed by atoms with Gasteiger partial charge >= 0.3 is 5.97 Å². The first-order valence-corrected chi connectivity index (χ1v) is 6.61. The normalized spacial score (nSPS) is 23.9. The molecule has 1 aliphatic heterocycles. The third kappa shape index (κ3) is 3.10. The molecule has 0 amide bonds. The Morgan fingerprint density at radius 2 is 2.11 bits per heavy atom. The van der Waals surface area contributed by atoms with Crippen LogP contribution in [0.5, 0.6) is 0 Å². The van der Waals surface area contributed by atoms with Crippen molar-refractivity contribution in [3.63, 3.8) is 0 Å². The number of benzene rings is 1. The lowest BCUT2D eigenvalue weighted by Gasteiger charge is -2.28. The maximum atomic E-state index is 11.0. The van der Waals surface area contributed by atoms with Crippen molar-refractivity contribution in [3.8, 4) is 0 Å². The van der Waals surface area contributed by atoms with Gasteiger partial charge in [0, 0.05) is 6.04 Å². The number of hydrogen-bond donors (Lipinski definition) is 2. The Kier molecular flexibility index (Phi) is 4.02. The number of carbonyl (C=O) groups is 1. The summed E-state index contributed by atoms with van der Waals surface area (Å²) >= 11 is 0. The molecule has 2 rings (SSSR count). The summed E-state index contributed by atoms with van der Waals surface area (Å²) in [6.45, 7) is 4.23. The molecule has 1 aromatic rings. The number of hydrogen-bond acceptors (Lipinski definition) is 2. The van der Waals surface area contributed by atoms with E-state index in [-0.39, 0.29) is 6.04 Å². The smallest absolute Gasteiger partial charge is 0.320 e. The van der Waals surface area contributed by atoms with E-state index in [1.54, 1.807) is 0 Å². The van der Waals surface area contributed by atoms with Crippen molar-refractivity contribution in [1.29, 1.82) is 0 Å². The van der Waals surface area contributed by atoms with Crippen LogP contribution in [0.2, 0.25) is 0 Å². The number of aliphatic carboxylic acids is 1. The molecule has 98 valence electrons. The predicted molar refractivity (Wildman–Crippen MR) is 71.8 cm³/mol. The number of carboxylic acid groups (broad SMARTS) is 1. The van der Waals surface area contributed by atoms with Crippen LogP contribution in [-0.4, -0.2) is 23.2 Å². The quantitative estimate of drug-likeness (QED) is 0.862. The molecule has 18 heavy (non-hydrogen) atoms. The third-order valence-electron chi connectivity index (χ3n) is 3.83. The number of carboxylic acids is 1. The van der Waals surface area contributed by atoms with Crippen molar-refractivity contribution in [1.82, 2.24) is 5.32 Å². The van der Waals surface area contributed by atoms with Crippen LogP contribution in [0.3, 0.4) is 0 Å². The van der Waals surface area contributed by atoms with Crippen molar-refractivity contribution in [3.05, 3.63) is 34.9 Å². The lowest BCUT2D eigenvalue weighted by Crippen LogP contribution is -2.47. The van der Waals surface area contributed by atoms with E-state index in [0.29, 0.717) is 6.04 Å². The highest BCUT2D eigenvalue weighted by Gasteiger charge is 2.25. The topological polar surface area (TPSA) is 49.3 Å². The zero-order chi connectivity index (χ0) is 13.1. The summed E-state index contributed by atoms with van der Waals surface area (Å²) < 4.78 is 0. The summed E-state index contributed by atoms with van der Waals surface area (Å²) in [5, 5.41) is 12.3.